The second-order valence-electron chi connectivity index (χ2n) is 4.65. The first-order chi connectivity index (χ1) is 8.14. The van der Waals surface area contributed by atoms with Gasteiger partial charge in [-0.05, 0) is 32.7 Å². The van der Waals surface area contributed by atoms with Crippen LogP contribution in [-0.4, -0.2) is 29.2 Å². The van der Waals surface area contributed by atoms with Gasteiger partial charge in [0, 0.05) is 6.54 Å². The number of nitrogens with one attached hydrogen (secondary N) is 2. The molecule has 2 N–H and O–H groups in total. The van der Waals surface area contributed by atoms with Crippen LogP contribution in [0.25, 0.3) is 0 Å². The Labute approximate surface area is 105 Å². The van der Waals surface area contributed by atoms with Crippen molar-refractivity contribution in [3.8, 4) is 0 Å². The van der Waals surface area contributed by atoms with Crippen molar-refractivity contribution in [2.75, 3.05) is 18.4 Å². The largest absolute Gasteiger partial charge is 0.316 e. The third-order valence-electron chi connectivity index (χ3n) is 3.14. The van der Waals surface area contributed by atoms with Crippen molar-refractivity contribution in [1.82, 2.24) is 15.5 Å². The number of amides is 1. The summed E-state index contributed by atoms with van der Waals surface area (Å²) >= 11 is 1.45. The number of nitrogens with zero attached hydrogens (tertiary/aromatic N) is 2. The monoisotopic (exact) mass is 254 g/mol. The first kappa shape index (κ1) is 12.4. The summed E-state index contributed by atoms with van der Waals surface area (Å²) in [5, 5.41) is 15.7. The predicted octanol–water partition coefficient (Wildman–Crippen LogP) is 1.43. The molecule has 1 aliphatic heterocycles. The Balaban J connectivity index is 2.00. The van der Waals surface area contributed by atoms with Crippen LogP contribution in [0.3, 0.4) is 0 Å². The molecule has 1 aromatic rings. The van der Waals surface area contributed by atoms with Gasteiger partial charge in [-0.15, -0.1) is 10.2 Å². The van der Waals surface area contributed by atoms with Crippen molar-refractivity contribution in [3.63, 3.8) is 0 Å². The Kier molecular flexibility index (Phi) is 3.73. The van der Waals surface area contributed by atoms with Crippen LogP contribution in [0.4, 0.5) is 5.13 Å². The molecule has 0 radical (unpaired) electrons. The lowest BCUT2D eigenvalue weighted by atomic mass is 9.82. The first-order valence-electron chi connectivity index (χ1n) is 5.98. The topological polar surface area (TPSA) is 66.9 Å². The Morgan fingerprint density at radius 1 is 1.59 bits per heavy atom. The Hall–Kier alpha value is -1.01. The van der Waals surface area contributed by atoms with Crippen LogP contribution < -0.4 is 10.6 Å². The summed E-state index contributed by atoms with van der Waals surface area (Å²) in [5.41, 5.74) is -0.323. The van der Waals surface area contributed by atoms with Crippen LogP contribution in [-0.2, 0) is 11.2 Å². The molecule has 1 fully saturated rings. The summed E-state index contributed by atoms with van der Waals surface area (Å²) in [5.74, 6) is 0.0449. The summed E-state index contributed by atoms with van der Waals surface area (Å²) < 4.78 is 0. The van der Waals surface area contributed by atoms with E-state index < -0.39 is 0 Å². The number of carbonyl (C=O) groups excluding carboxylic acids is 1. The maximum atomic E-state index is 12.2. The fraction of sp³-hybridized carbons (Fsp3) is 0.727. The average Bonchev–Trinajstić information content (AvgIpc) is 2.78. The van der Waals surface area contributed by atoms with Gasteiger partial charge >= 0.3 is 0 Å². The number of piperidine rings is 1. The lowest BCUT2D eigenvalue weighted by molar-refractivity contribution is -0.125. The van der Waals surface area contributed by atoms with Crippen molar-refractivity contribution in [1.29, 1.82) is 0 Å². The van der Waals surface area contributed by atoms with Crippen LogP contribution in [0, 0.1) is 5.41 Å². The Morgan fingerprint density at radius 3 is 3.00 bits per heavy atom. The van der Waals surface area contributed by atoms with Crippen LogP contribution in [0.5, 0.6) is 0 Å². The summed E-state index contributed by atoms with van der Waals surface area (Å²) in [6.07, 6.45) is 2.82. The van der Waals surface area contributed by atoms with Crippen molar-refractivity contribution < 1.29 is 4.79 Å². The normalized spacial score (nSPS) is 24.6. The number of aromatic nitrogens is 2. The van der Waals surface area contributed by atoms with E-state index in [1.807, 2.05) is 13.8 Å². The van der Waals surface area contributed by atoms with Crippen LogP contribution in [0.1, 0.15) is 31.7 Å². The summed E-state index contributed by atoms with van der Waals surface area (Å²) in [6.45, 7) is 5.76. The zero-order chi connectivity index (χ0) is 12.3. The zero-order valence-corrected chi connectivity index (χ0v) is 11.1. The van der Waals surface area contributed by atoms with Crippen molar-refractivity contribution in [3.05, 3.63) is 5.01 Å². The van der Waals surface area contributed by atoms with Gasteiger partial charge in [0.25, 0.3) is 0 Å². The Bertz CT molecular complexity index is 398. The minimum absolute atomic E-state index is 0.0449. The van der Waals surface area contributed by atoms with Crippen molar-refractivity contribution in [2.45, 2.75) is 33.1 Å². The minimum atomic E-state index is -0.323. The van der Waals surface area contributed by atoms with E-state index in [1.165, 1.54) is 11.3 Å². The standard InChI is InChI=1S/C11H18N4OS/c1-3-8-14-15-10(17-8)13-9(16)11(2)5-4-6-12-7-11/h12H,3-7H2,1-2H3,(H,13,15,16). The van der Waals surface area contributed by atoms with E-state index in [0.29, 0.717) is 5.13 Å². The van der Waals surface area contributed by atoms with Gasteiger partial charge in [-0.3, -0.25) is 4.79 Å². The van der Waals surface area contributed by atoms with E-state index in [2.05, 4.69) is 20.8 Å². The van der Waals surface area contributed by atoms with E-state index in [9.17, 15) is 4.79 Å². The molecule has 1 aromatic heterocycles. The highest BCUT2D eigenvalue weighted by molar-refractivity contribution is 7.15. The number of anilines is 1. The molecule has 1 amide bonds. The molecule has 6 heteroatoms. The molecule has 0 bridgehead atoms. The van der Waals surface area contributed by atoms with Gasteiger partial charge in [0.05, 0.1) is 5.41 Å². The molecule has 1 unspecified atom stereocenters. The number of carbonyl (C=O) groups is 1. The highest BCUT2D eigenvalue weighted by Crippen LogP contribution is 2.27. The second-order valence-corrected chi connectivity index (χ2v) is 5.71. The predicted molar refractivity (Wildman–Crippen MR) is 68.1 cm³/mol. The van der Waals surface area contributed by atoms with Gasteiger partial charge in [0.2, 0.25) is 11.0 Å². The lowest BCUT2D eigenvalue weighted by Gasteiger charge is -2.32. The fourth-order valence-electron chi connectivity index (χ4n) is 1.95. The molecule has 0 aromatic carbocycles. The number of aryl methyl sites for hydroxylation is 1. The van der Waals surface area contributed by atoms with Crippen LogP contribution >= 0.6 is 11.3 Å². The highest BCUT2D eigenvalue weighted by atomic mass is 32.1. The molecule has 0 spiro atoms. The number of hydrogen-bond donors (Lipinski definition) is 2. The molecule has 1 saturated heterocycles. The molecule has 5 nitrogen and oxygen atoms in total. The maximum Gasteiger partial charge on any atom is 0.233 e. The van der Waals surface area contributed by atoms with E-state index in [4.69, 9.17) is 0 Å². The van der Waals surface area contributed by atoms with Crippen molar-refractivity contribution in [2.24, 2.45) is 5.41 Å². The molecule has 1 atom stereocenters. The molecule has 2 rings (SSSR count). The number of rotatable bonds is 3. The summed E-state index contributed by atoms with van der Waals surface area (Å²) in [6, 6.07) is 0. The molecule has 0 aliphatic carbocycles. The lowest BCUT2D eigenvalue weighted by Crippen LogP contribution is -2.46. The van der Waals surface area contributed by atoms with Gasteiger partial charge in [-0.25, -0.2) is 0 Å². The molecular weight excluding hydrogens is 236 g/mol. The van der Waals surface area contributed by atoms with Crippen molar-refractivity contribution >= 4 is 22.4 Å². The van der Waals surface area contributed by atoms with Gasteiger partial charge < -0.3 is 10.6 Å². The summed E-state index contributed by atoms with van der Waals surface area (Å²) in [4.78, 5) is 12.2. The van der Waals surface area contributed by atoms with E-state index in [1.54, 1.807) is 0 Å². The molecular formula is C11H18N4OS. The Morgan fingerprint density at radius 2 is 2.41 bits per heavy atom. The van der Waals surface area contributed by atoms with E-state index in [0.717, 1.165) is 37.4 Å². The molecule has 17 heavy (non-hydrogen) atoms. The molecule has 0 saturated carbocycles. The zero-order valence-electron chi connectivity index (χ0n) is 10.2. The smallest absolute Gasteiger partial charge is 0.233 e. The highest BCUT2D eigenvalue weighted by Gasteiger charge is 2.35. The minimum Gasteiger partial charge on any atom is -0.316 e. The molecule has 2 heterocycles. The SMILES string of the molecule is CCc1nnc(NC(=O)C2(C)CCCNC2)s1. The van der Waals surface area contributed by atoms with Gasteiger partial charge in [0.15, 0.2) is 0 Å². The van der Waals surface area contributed by atoms with Gasteiger partial charge in [0.1, 0.15) is 5.01 Å². The maximum absolute atomic E-state index is 12.2. The quantitative estimate of drug-likeness (QED) is 0.856. The second kappa shape index (κ2) is 5.10. The van der Waals surface area contributed by atoms with E-state index in [-0.39, 0.29) is 11.3 Å². The fourth-order valence-corrected chi connectivity index (χ4v) is 2.62. The summed E-state index contributed by atoms with van der Waals surface area (Å²) in [7, 11) is 0. The van der Waals surface area contributed by atoms with Gasteiger partial charge in [-0.2, -0.15) is 0 Å². The van der Waals surface area contributed by atoms with Gasteiger partial charge in [-0.1, -0.05) is 18.3 Å². The van der Waals surface area contributed by atoms with Crippen LogP contribution in [0.2, 0.25) is 0 Å². The average molecular weight is 254 g/mol. The first-order valence-corrected chi connectivity index (χ1v) is 6.80. The molecule has 1 aliphatic rings. The third-order valence-corrected chi connectivity index (χ3v) is 4.12. The number of hydrogen-bond acceptors (Lipinski definition) is 5. The van der Waals surface area contributed by atoms with E-state index >= 15 is 0 Å². The van der Waals surface area contributed by atoms with Crippen LogP contribution in [0.15, 0.2) is 0 Å². The third kappa shape index (κ3) is 2.81. The molecule has 94 valence electrons.